The third-order valence-corrected chi connectivity index (χ3v) is 4.56. The van der Waals surface area contributed by atoms with Crippen LogP contribution in [0, 0.1) is 0 Å². The normalized spacial score (nSPS) is 11.7. The summed E-state index contributed by atoms with van der Waals surface area (Å²) in [6.45, 7) is 0. The molecule has 0 fully saturated rings. The zero-order chi connectivity index (χ0) is 13.0. The van der Waals surface area contributed by atoms with Crippen LogP contribution in [0.25, 0.3) is 27.2 Å². The second-order valence-corrected chi connectivity index (χ2v) is 5.82. The van der Waals surface area contributed by atoms with E-state index in [0.29, 0.717) is 0 Å². The molecular formula is C16H9BrClN. The van der Waals surface area contributed by atoms with Crippen molar-refractivity contribution < 1.29 is 0 Å². The summed E-state index contributed by atoms with van der Waals surface area (Å²) >= 11 is 9.88. The molecule has 0 saturated heterocycles. The lowest BCUT2D eigenvalue weighted by Gasteiger charge is -2.01. The maximum atomic E-state index is 6.15. The number of fused-ring (bicyclic) bond motifs is 5. The molecular weight excluding hydrogens is 322 g/mol. The highest BCUT2D eigenvalue weighted by Crippen LogP contribution is 2.37. The largest absolute Gasteiger partial charge is 0.315 e. The van der Waals surface area contributed by atoms with Crippen molar-refractivity contribution in [2.24, 2.45) is 0 Å². The maximum absolute atomic E-state index is 6.15. The third kappa shape index (κ3) is 1.54. The fraction of sp³-hybridized carbons (Fsp3) is 0. The topological polar surface area (TPSA) is 4.41 Å². The molecule has 2 heterocycles. The molecule has 0 saturated carbocycles. The lowest BCUT2D eigenvalue weighted by molar-refractivity contribution is 1.25. The maximum Gasteiger partial charge on any atom is 0.0604 e. The molecule has 19 heavy (non-hydrogen) atoms. The lowest BCUT2D eigenvalue weighted by Crippen LogP contribution is -1.81. The molecule has 4 rings (SSSR count). The van der Waals surface area contributed by atoms with Crippen molar-refractivity contribution in [1.82, 2.24) is 4.40 Å². The minimum atomic E-state index is 0.766. The standard InChI is InChI=1S/C16H9BrClN/c17-16-14-3-1-2-8-19(14)13-7-5-10-4-6-11(18)9-12(10)15(13)16/h1-9H. The zero-order valence-electron chi connectivity index (χ0n) is 9.90. The number of pyridine rings is 1. The molecule has 1 nitrogen and oxygen atoms in total. The number of nitrogens with zero attached hydrogens (tertiary/aromatic N) is 1. The van der Waals surface area contributed by atoms with Crippen molar-refractivity contribution >= 4 is 54.7 Å². The molecule has 0 amide bonds. The molecule has 0 aliphatic carbocycles. The average Bonchev–Trinajstić information content (AvgIpc) is 2.73. The lowest BCUT2D eigenvalue weighted by atomic mass is 10.1. The number of hydrogen-bond donors (Lipinski definition) is 0. The number of benzene rings is 2. The third-order valence-electron chi connectivity index (χ3n) is 3.53. The molecule has 0 N–H and O–H groups in total. The number of rotatable bonds is 0. The van der Waals surface area contributed by atoms with E-state index in [9.17, 15) is 0 Å². The van der Waals surface area contributed by atoms with E-state index in [4.69, 9.17) is 11.6 Å². The van der Waals surface area contributed by atoms with Crippen molar-refractivity contribution in [2.45, 2.75) is 0 Å². The van der Waals surface area contributed by atoms with Gasteiger partial charge in [-0.15, -0.1) is 0 Å². The van der Waals surface area contributed by atoms with E-state index in [-0.39, 0.29) is 0 Å². The molecule has 0 bridgehead atoms. The predicted molar refractivity (Wildman–Crippen MR) is 85.1 cm³/mol. The van der Waals surface area contributed by atoms with Gasteiger partial charge < -0.3 is 4.40 Å². The summed E-state index contributed by atoms with van der Waals surface area (Å²) in [7, 11) is 0. The molecule has 0 unspecified atom stereocenters. The molecule has 0 atom stereocenters. The minimum absolute atomic E-state index is 0.766. The van der Waals surface area contributed by atoms with Crippen molar-refractivity contribution in [3.8, 4) is 0 Å². The Labute approximate surface area is 123 Å². The second-order valence-electron chi connectivity index (χ2n) is 4.60. The van der Waals surface area contributed by atoms with Crippen LogP contribution in [-0.4, -0.2) is 4.40 Å². The summed E-state index contributed by atoms with van der Waals surface area (Å²) in [5, 5.41) is 4.36. The molecule has 92 valence electrons. The Morgan fingerprint density at radius 3 is 2.68 bits per heavy atom. The Hall–Kier alpha value is -1.51. The Morgan fingerprint density at radius 2 is 1.79 bits per heavy atom. The molecule has 2 aromatic carbocycles. The second kappa shape index (κ2) is 3.99. The van der Waals surface area contributed by atoms with Crippen LogP contribution in [-0.2, 0) is 0 Å². The van der Waals surface area contributed by atoms with Crippen molar-refractivity contribution in [1.29, 1.82) is 0 Å². The van der Waals surface area contributed by atoms with Gasteiger partial charge in [0.25, 0.3) is 0 Å². The van der Waals surface area contributed by atoms with Crippen LogP contribution in [0.5, 0.6) is 0 Å². The summed E-state index contributed by atoms with van der Waals surface area (Å²) in [6, 6.07) is 16.5. The van der Waals surface area contributed by atoms with E-state index in [2.05, 4.69) is 50.8 Å². The fourth-order valence-electron chi connectivity index (χ4n) is 2.67. The van der Waals surface area contributed by atoms with E-state index >= 15 is 0 Å². The highest BCUT2D eigenvalue weighted by atomic mass is 79.9. The van der Waals surface area contributed by atoms with Crippen molar-refractivity contribution in [3.63, 3.8) is 0 Å². The first-order valence-corrected chi connectivity index (χ1v) is 7.19. The first-order chi connectivity index (χ1) is 9.25. The molecule has 0 aliphatic heterocycles. The quantitative estimate of drug-likeness (QED) is 0.392. The van der Waals surface area contributed by atoms with Crippen LogP contribution < -0.4 is 0 Å². The summed E-state index contributed by atoms with van der Waals surface area (Å²) in [4.78, 5) is 0. The highest BCUT2D eigenvalue weighted by Gasteiger charge is 2.12. The van der Waals surface area contributed by atoms with Gasteiger partial charge in [0.05, 0.1) is 15.5 Å². The van der Waals surface area contributed by atoms with E-state index < -0.39 is 0 Å². The van der Waals surface area contributed by atoms with Crippen LogP contribution in [0.1, 0.15) is 0 Å². The Bertz CT molecular complexity index is 940. The number of aromatic nitrogens is 1. The summed E-state index contributed by atoms with van der Waals surface area (Å²) in [6.07, 6.45) is 2.08. The van der Waals surface area contributed by atoms with Gasteiger partial charge in [-0.25, -0.2) is 0 Å². The van der Waals surface area contributed by atoms with Crippen LogP contribution in [0.15, 0.2) is 59.2 Å². The first kappa shape index (κ1) is 11.3. The minimum Gasteiger partial charge on any atom is -0.315 e. The van der Waals surface area contributed by atoms with Gasteiger partial charge in [-0.2, -0.15) is 0 Å². The van der Waals surface area contributed by atoms with Gasteiger partial charge in [0.1, 0.15) is 0 Å². The van der Waals surface area contributed by atoms with E-state index in [1.807, 2.05) is 24.3 Å². The van der Waals surface area contributed by atoms with E-state index in [1.54, 1.807) is 0 Å². The Kier molecular flexibility index (Phi) is 2.38. The zero-order valence-corrected chi connectivity index (χ0v) is 12.2. The van der Waals surface area contributed by atoms with Gasteiger partial charge in [0.2, 0.25) is 0 Å². The van der Waals surface area contributed by atoms with Crippen LogP contribution in [0.3, 0.4) is 0 Å². The van der Waals surface area contributed by atoms with Crippen LogP contribution >= 0.6 is 27.5 Å². The van der Waals surface area contributed by atoms with Crippen molar-refractivity contribution in [3.05, 3.63) is 64.2 Å². The smallest absolute Gasteiger partial charge is 0.0604 e. The Balaban J connectivity index is 2.36. The fourth-order valence-corrected chi connectivity index (χ4v) is 3.58. The summed E-state index contributed by atoms with van der Waals surface area (Å²) in [5.41, 5.74) is 2.36. The van der Waals surface area contributed by atoms with Crippen LogP contribution in [0.4, 0.5) is 0 Å². The molecule has 0 spiro atoms. The van der Waals surface area contributed by atoms with Crippen molar-refractivity contribution in [2.75, 3.05) is 0 Å². The average molecular weight is 331 g/mol. The molecule has 0 aliphatic rings. The van der Waals surface area contributed by atoms with Crippen LogP contribution in [0.2, 0.25) is 5.02 Å². The molecule has 2 aromatic heterocycles. The molecule has 3 heteroatoms. The van der Waals surface area contributed by atoms with Gasteiger partial charge in [0, 0.05) is 16.6 Å². The van der Waals surface area contributed by atoms with Gasteiger partial charge in [-0.1, -0.05) is 29.8 Å². The van der Waals surface area contributed by atoms with E-state index in [0.717, 1.165) is 9.50 Å². The van der Waals surface area contributed by atoms with Gasteiger partial charge in [0.15, 0.2) is 0 Å². The highest BCUT2D eigenvalue weighted by molar-refractivity contribution is 9.10. The van der Waals surface area contributed by atoms with E-state index in [1.165, 1.54) is 27.2 Å². The monoisotopic (exact) mass is 329 g/mol. The number of halogens is 2. The SMILES string of the molecule is Clc1ccc2ccc3c(c(Br)c4ccccn43)c2c1. The van der Waals surface area contributed by atoms with Gasteiger partial charge >= 0.3 is 0 Å². The first-order valence-electron chi connectivity index (χ1n) is 6.02. The molecule has 0 radical (unpaired) electrons. The summed E-state index contributed by atoms with van der Waals surface area (Å²) < 4.78 is 3.32. The number of hydrogen-bond acceptors (Lipinski definition) is 0. The summed E-state index contributed by atoms with van der Waals surface area (Å²) in [5.74, 6) is 0. The van der Waals surface area contributed by atoms with Gasteiger partial charge in [-0.05, 0) is 57.0 Å². The predicted octanol–water partition coefficient (Wildman–Crippen LogP) is 5.66. The van der Waals surface area contributed by atoms with Gasteiger partial charge in [-0.3, -0.25) is 0 Å². The molecule has 4 aromatic rings. The Morgan fingerprint density at radius 1 is 0.947 bits per heavy atom.